The molecule has 0 spiro atoms. The first-order valence-electron chi connectivity index (χ1n) is 2.77. The van der Waals surface area contributed by atoms with E-state index in [1.165, 1.54) is 0 Å². The van der Waals surface area contributed by atoms with Crippen LogP contribution in [-0.4, -0.2) is 6.17 Å². The van der Waals surface area contributed by atoms with Gasteiger partial charge in [-0.1, -0.05) is 23.8 Å². The fourth-order valence-corrected chi connectivity index (χ4v) is 0.784. The van der Waals surface area contributed by atoms with E-state index in [9.17, 15) is 4.39 Å². The molecule has 0 heterocycles. The van der Waals surface area contributed by atoms with E-state index in [0.717, 1.165) is 5.57 Å². The highest BCUT2D eigenvalue weighted by molar-refractivity contribution is 5.18. The number of alkyl halides is 1. The third-order valence-electron chi connectivity index (χ3n) is 1.22. The van der Waals surface area contributed by atoms with Gasteiger partial charge in [0.25, 0.3) is 0 Å². The van der Waals surface area contributed by atoms with E-state index in [-0.39, 0.29) is 0 Å². The second kappa shape index (κ2) is 2.12. The van der Waals surface area contributed by atoms with Gasteiger partial charge >= 0.3 is 0 Å². The molecule has 0 bridgehead atoms. The first kappa shape index (κ1) is 5.54. The predicted octanol–water partition coefficient (Wildman–Crippen LogP) is 2.23. The molecule has 1 heteroatoms. The number of rotatable bonds is 0. The van der Waals surface area contributed by atoms with Crippen molar-refractivity contribution >= 4 is 0 Å². The Kier molecular flexibility index (Phi) is 1.47. The van der Waals surface area contributed by atoms with Crippen LogP contribution in [0.2, 0.25) is 0 Å². The summed E-state index contributed by atoms with van der Waals surface area (Å²) in [4.78, 5) is 0. The molecule has 1 atom stereocenters. The quantitative estimate of drug-likeness (QED) is 0.450. The van der Waals surface area contributed by atoms with Gasteiger partial charge in [0.2, 0.25) is 0 Å². The first-order chi connectivity index (χ1) is 3.79. The van der Waals surface area contributed by atoms with Crippen LogP contribution >= 0.6 is 0 Å². The third-order valence-corrected chi connectivity index (χ3v) is 1.22. The Morgan fingerprint density at radius 3 is 2.88 bits per heavy atom. The van der Waals surface area contributed by atoms with E-state index >= 15 is 0 Å². The molecule has 0 saturated carbocycles. The second-order valence-electron chi connectivity index (χ2n) is 2.12. The second-order valence-corrected chi connectivity index (χ2v) is 2.12. The molecular weight excluding hydrogens is 103 g/mol. The minimum absolute atomic E-state index is 0.580. The smallest absolute Gasteiger partial charge is 0.122 e. The van der Waals surface area contributed by atoms with Gasteiger partial charge in [0.15, 0.2) is 0 Å². The van der Waals surface area contributed by atoms with Gasteiger partial charge in [0.05, 0.1) is 0 Å². The van der Waals surface area contributed by atoms with Crippen molar-refractivity contribution in [1.82, 2.24) is 0 Å². The molecule has 0 amide bonds. The Labute approximate surface area is 48.7 Å². The van der Waals surface area contributed by atoms with Crippen molar-refractivity contribution in [3.8, 4) is 0 Å². The summed E-state index contributed by atoms with van der Waals surface area (Å²) in [6.45, 7) is 1.94. The van der Waals surface area contributed by atoms with Crippen molar-refractivity contribution < 1.29 is 4.39 Å². The van der Waals surface area contributed by atoms with E-state index < -0.39 is 6.17 Å². The summed E-state index contributed by atoms with van der Waals surface area (Å²) in [6, 6.07) is 0. The lowest BCUT2D eigenvalue weighted by Crippen LogP contribution is -1.98. The average Bonchev–Trinajstić information content (AvgIpc) is 1.64. The standard InChI is InChI=1S/C7H9F/c1-6-3-2-4-7(8)5-6/h2-4,7H,5H2,1H3. The zero-order valence-corrected chi connectivity index (χ0v) is 4.89. The topological polar surface area (TPSA) is 0 Å². The van der Waals surface area contributed by atoms with Gasteiger partial charge in [0, 0.05) is 6.42 Å². The molecule has 44 valence electrons. The summed E-state index contributed by atoms with van der Waals surface area (Å²) in [7, 11) is 0. The van der Waals surface area contributed by atoms with Crippen LogP contribution in [0.15, 0.2) is 23.8 Å². The molecule has 0 N–H and O–H groups in total. The third kappa shape index (κ3) is 1.19. The monoisotopic (exact) mass is 112 g/mol. The number of halogens is 1. The highest BCUT2D eigenvalue weighted by atomic mass is 19.1. The van der Waals surface area contributed by atoms with E-state index in [1.54, 1.807) is 12.2 Å². The summed E-state index contributed by atoms with van der Waals surface area (Å²) >= 11 is 0. The average molecular weight is 112 g/mol. The van der Waals surface area contributed by atoms with E-state index in [0.29, 0.717) is 6.42 Å². The fourth-order valence-electron chi connectivity index (χ4n) is 0.784. The molecule has 0 nitrogen and oxygen atoms in total. The van der Waals surface area contributed by atoms with Crippen molar-refractivity contribution in [2.45, 2.75) is 19.5 Å². The lowest BCUT2D eigenvalue weighted by molar-refractivity contribution is 0.395. The van der Waals surface area contributed by atoms with Gasteiger partial charge < -0.3 is 0 Å². The van der Waals surface area contributed by atoms with Crippen LogP contribution in [-0.2, 0) is 0 Å². The van der Waals surface area contributed by atoms with Gasteiger partial charge in [-0.15, -0.1) is 0 Å². The maximum absolute atomic E-state index is 12.3. The minimum Gasteiger partial charge on any atom is -0.243 e. The van der Waals surface area contributed by atoms with Gasteiger partial charge in [-0.2, -0.15) is 0 Å². The number of allylic oxidation sites excluding steroid dienone is 4. The molecule has 0 radical (unpaired) electrons. The van der Waals surface area contributed by atoms with Crippen LogP contribution in [0.3, 0.4) is 0 Å². The molecule has 8 heavy (non-hydrogen) atoms. The summed E-state index contributed by atoms with van der Waals surface area (Å²) in [5, 5.41) is 0. The van der Waals surface area contributed by atoms with Crippen molar-refractivity contribution in [1.29, 1.82) is 0 Å². The largest absolute Gasteiger partial charge is 0.243 e. The summed E-state index contributed by atoms with van der Waals surface area (Å²) in [5.41, 5.74) is 1.13. The molecule has 1 aliphatic carbocycles. The molecule has 1 unspecified atom stereocenters. The van der Waals surface area contributed by atoms with E-state index in [4.69, 9.17) is 0 Å². The summed E-state index contributed by atoms with van der Waals surface area (Å²) < 4.78 is 12.3. The van der Waals surface area contributed by atoms with Gasteiger partial charge in [-0.25, -0.2) is 4.39 Å². The van der Waals surface area contributed by atoms with Crippen LogP contribution in [0.4, 0.5) is 4.39 Å². The van der Waals surface area contributed by atoms with Crippen molar-refractivity contribution in [3.63, 3.8) is 0 Å². The molecule has 0 aromatic rings. The van der Waals surface area contributed by atoms with E-state index in [1.807, 2.05) is 13.0 Å². The SMILES string of the molecule is CC1=CC=CC(F)C1. The molecule has 0 aliphatic heterocycles. The zero-order valence-electron chi connectivity index (χ0n) is 4.89. The minimum atomic E-state index is -0.736. The van der Waals surface area contributed by atoms with Crippen LogP contribution in [0, 0.1) is 0 Å². The predicted molar refractivity (Wildman–Crippen MR) is 32.4 cm³/mol. The summed E-state index contributed by atoms with van der Waals surface area (Å²) in [5.74, 6) is 0. The highest BCUT2D eigenvalue weighted by Gasteiger charge is 2.04. The zero-order chi connectivity index (χ0) is 5.98. The summed E-state index contributed by atoms with van der Waals surface area (Å²) in [6.07, 6.45) is 5.13. The maximum Gasteiger partial charge on any atom is 0.122 e. The van der Waals surface area contributed by atoms with Crippen molar-refractivity contribution in [2.75, 3.05) is 0 Å². The lowest BCUT2D eigenvalue weighted by Gasteiger charge is -2.05. The van der Waals surface area contributed by atoms with E-state index in [2.05, 4.69) is 0 Å². The molecular formula is C7H9F. The van der Waals surface area contributed by atoms with Gasteiger partial charge in [-0.05, 0) is 6.92 Å². The molecule has 0 fully saturated rings. The molecule has 0 aromatic heterocycles. The van der Waals surface area contributed by atoms with Crippen molar-refractivity contribution in [2.24, 2.45) is 0 Å². The van der Waals surface area contributed by atoms with Crippen LogP contribution in [0.1, 0.15) is 13.3 Å². The normalized spacial score (nSPS) is 27.8. The van der Waals surface area contributed by atoms with Crippen LogP contribution in [0.25, 0.3) is 0 Å². The fraction of sp³-hybridized carbons (Fsp3) is 0.429. The van der Waals surface area contributed by atoms with Crippen LogP contribution < -0.4 is 0 Å². The Bertz CT molecular complexity index is 133. The van der Waals surface area contributed by atoms with Gasteiger partial charge in [-0.3, -0.25) is 0 Å². The Hall–Kier alpha value is -0.590. The Morgan fingerprint density at radius 1 is 1.75 bits per heavy atom. The lowest BCUT2D eigenvalue weighted by atomic mass is 10.1. The Balaban J connectivity index is 2.59. The Morgan fingerprint density at radius 2 is 2.50 bits per heavy atom. The molecule has 0 aromatic carbocycles. The molecule has 1 rings (SSSR count). The first-order valence-corrected chi connectivity index (χ1v) is 2.77. The van der Waals surface area contributed by atoms with Crippen LogP contribution in [0.5, 0.6) is 0 Å². The number of hydrogen-bond donors (Lipinski definition) is 0. The molecule has 0 saturated heterocycles. The van der Waals surface area contributed by atoms with Crippen molar-refractivity contribution in [3.05, 3.63) is 23.8 Å². The number of hydrogen-bond acceptors (Lipinski definition) is 0. The highest BCUT2D eigenvalue weighted by Crippen LogP contribution is 2.13. The van der Waals surface area contributed by atoms with Gasteiger partial charge in [0.1, 0.15) is 6.17 Å². The molecule has 1 aliphatic rings. The maximum atomic E-state index is 12.3.